The molecule has 0 aliphatic rings. The third-order valence-corrected chi connectivity index (χ3v) is 5.55. The molecule has 0 fully saturated rings. The molecule has 0 spiro atoms. The number of carbonyl (C=O) groups is 1. The molecule has 0 aliphatic carbocycles. The van der Waals surface area contributed by atoms with Gasteiger partial charge in [0.25, 0.3) is 5.91 Å². The number of halogens is 2. The number of nitrogens with one attached hydrogen (secondary N) is 1. The van der Waals surface area contributed by atoms with Crippen LogP contribution in [0.4, 0.5) is 0 Å². The van der Waals surface area contributed by atoms with Crippen molar-refractivity contribution in [3.63, 3.8) is 0 Å². The Hall–Kier alpha value is -0.650. The Morgan fingerprint density at radius 2 is 2.00 bits per heavy atom. The molecule has 3 nitrogen and oxygen atoms in total. The van der Waals surface area contributed by atoms with Gasteiger partial charge in [-0.05, 0) is 54.5 Å². The van der Waals surface area contributed by atoms with Gasteiger partial charge in [0.1, 0.15) is 0 Å². The zero-order chi connectivity index (χ0) is 20.4. The molecule has 2 aromatic rings. The van der Waals surface area contributed by atoms with Crippen LogP contribution in [-0.4, -0.2) is 22.5 Å². The van der Waals surface area contributed by atoms with E-state index in [0.717, 1.165) is 46.3 Å². The van der Waals surface area contributed by atoms with Crippen LogP contribution < -0.4 is 5.73 Å². The van der Waals surface area contributed by atoms with Gasteiger partial charge < -0.3 is 10.7 Å². The zero-order valence-electron chi connectivity index (χ0n) is 16.5. The Kier molecular flexibility index (Phi) is 11.5. The third kappa shape index (κ3) is 7.71. The van der Waals surface area contributed by atoms with E-state index in [1.165, 1.54) is 18.4 Å². The summed E-state index contributed by atoms with van der Waals surface area (Å²) in [5.74, 6) is 2.48. The number of hydrogen-bond acceptors (Lipinski definition) is 2. The highest BCUT2D eigenvalue weighted by Gasteiger charge is 2.19. The largest absolute Gasteiger partial charge is 0.366 e. The van der Waals surface area contributed by atoms with Gasteiger partial charge in [-0.25, -0.2) is 0 Å². The second-order valence-electron chi connectivity index (χ2n) is 7.21. The molecule has 1 unspecified atom stereocenters. The van der Waals surface area contributed by atoms with E-state index in [1.807, 2.05) is 0 Å². The Balaban J connectivity index is 0.000000646. The number of alkyl halides is 1. The van der Waals surface area contributed by atoms with Crippen molar-refractivity contribution in [2.45, 2.75) is 58.8 Å². The number of carbonyl (C=O) groups excluding carboxylic acids is 1. The highest BCUT2D eigenvalue weighted by Crippen LogP contribution is 2.35. The second-order valence-corrected chi connectivity index (χ2v) is 8.95. The number of hydrogen-bond donors (Lipinski definition) is 3. The van der Waals surface area contributed by atoms with Gasteiger partial charge in [0.2, 0.25) is 0 Å². The molecule has 0 saturated carbocycles. The molecule has 0 radical (unpaired) electrons. The molecule has 6 heteroatoms. The van der Waals surface area contributed by atoms with E-state index in [2.05, 4.69) is 66.6 Å². The minimum Gasteiger partial charge on any atom is -0.366 e. The Bertz CT molecular complexity index is 716. The van der Waals surface area contributed by atoms with Gasteiger partial charge in [0.15, 0.2) is 0 Å². The van der Waals surface area contributed by atoms with Crippen molar-refractivity contribution in [2.24, 2.45) is 11.7 Å². The number of H-pyrrole nitrogens is 1. The molecule has 3 N–H and O–H groups in total. The van der Waals surface area contributed by atoms with Crippen LogP contribution in [0.25, 0.3) is 10.9 Å². The monoisotopic (exact) mass is 474 g/mol. The van der Waals surface area contributed by atoms with Crippen LogP contribution in [0.5, 0.6) is 0 Å². The van der Waals surface area contributed by atoms with E-state index in [4.69, 9.17) is 17.3 Å². The summed E-state index contributed by atoms with van der Waals surface area (Å²) >= 11 is 12.7. The minimum atomic E-state index is -0.395. The maximum atomic E-state index is 11.7. The Morgan fingerprint density at radius 1 is 1.30 bits per heavy atom. The van der Waals surface area contributed by atoms with Crippen molar-refractivity contribution in [2.75, 3.05) is 11.6 Å². The number of benzene rings is 1. The smallest absolute Gasteiger partial charge is 0.250 e. The van der Waals surface area contributed by atoms with Crippen molar-refractivity contribution in [1.82, 2.24) is 4.98 Å². The van der Waals surface area contributed by atoms with Gasteiger partial charge in [-0.2, -0.15) is 12.6 Å². The summed E-state index contributed by atoms with van der Waals surface area (Å²) in [6.45, 7) is 6.75. The van der Waals surface area contributed by atoms with Gasteiger partial charge in [0, 0.05) is 21.9 Å². The molecule has 0 bridgehead atoms. The maximum absolute atomic E-state index is 11.7. The molecule has 1 atom stereocenters. The van der Waals surface area contributed by atoms with Crippen molar-refractivity contribution in [3.8, 4) is 0 Å². The molecule has 27 heavy (non-hydrogen) atoms. The molecule has 1 amide bonds. The van der Waals surface area contributed by atoms with Gasteiger partial charge in [0.05, 0.1) is 11.1 Å². The summed E-state index contributed by atoms with van der Waals surface area (Å²) in [5, 5.41) is 1.12. The minimum absolute atomic E-state index is 0.395. The molecular formula is C21H32BrClN2OS. The second kappa shape index (κ2) is 12.7. The number of nitrogens with two attached hydrogens (primary N) is 1. The summed E-state index contributed by atoms with van der Waals surface area (Å²) < 4.78 is 0.897. The van der Waals surface area contributed by atoms with Crippen molar-refractivity contribution < 1.29 is 4.79 Å². The lowest BCUT2D eigenvalue weighted by Gasteiger charge is -2.17. The van der Waals surface area contributed by atoms with Crippen LogP contribution in [-0.2, 0) is 0 Å². The fraction of sp³-hybridized carbons (Fsp3) is 0.571. The van der Waals surface area contributed by atoms with E-state index in [-0.39, 0.29) is 0 Å². The molecule has 0 saturated heterocycles. The first kappa shape index (κ1) is 24.4. The molecule has 0 aliphatic heterocycles. The third-order valence-electron chi connectivity index (χ3n) is 4.51. The number of aromatic nitrogens is 1. The van der Waals surface area contributed by atoms with Crippen LogP contribution in [0.3, 0.4) is 0 Å². The highest BCUT2D eigenvalue weighted by atomic mass is 79.9. The first-order chi connectivity index (χ1) is 12.8. The summed E-state index contributed by atoms with van der Waals surface area (Å²) in [5.41, 5.74) is 8.23. The molecule has 2 rings (SSSR count). The van der Waals surface area contributed by atoms with Gasteiger partial charge in [-0.15, -0.1) is 11.6 Å². The topological polar surface area (TPSA) is 58.9 Å². The van der Waals surface area contributed by atoms with E-state index in [1.54, 1.807) is 6.07 Å². The number of aromatic amines is 1. The van der Waals surface area contributed by atoms with Crippen molar-refractivity contribution in [3.05, 3.63) is 33.9 Å². The summed E-state index contributed by atoms with van der Waals surface area (Å²) in [7, 11) is 0. The molecular weight excluding hydrogens is 444 g/mol. The van der Waals surface area contributed by atoms with Crippen LogP contribution in [0, 0.1) is 5.92 Å². The van der Waals surface area contributed by atoms with Crippen LogP contribution in [0.2, 0.25) is 0 Å². The van der Waals surface area contributed by atoms with Gasteiger partial charge in [-0.1, -0.05) is 49.5 Å². The first-order valence-electron chi connectivity index (χ1n) is 9.62. The van der Waals surface area contributed by atoms with Crippen LogP contribution >= 0.6 is 40.2 Å². The first-order valence-corrected chi connectivity index (χ1v) is 11.6. The van der Waals surface area contributed by atoms with E-state index >= 15 is 0 Å². The summed E-state index contributed by atoms with van der Waals surface area (Å²) in [6, 6.07) is 3.87. The van der Waals surface area contributed by atoms with Crippen molar-refractivity contribution in [1.29, 1.82) is 0 Å². The van der Waals surface area contributed by atoms with Gasteiger partial charge in [-0.3, -0.25) is 4.79 Å². The Morgan fingerprint density at radius 3 is 2.48 bits per heavy atom. The van der Waals surface area contributed by atoms with E-state index in [0.29, 0.717) is 17.4 Å². The average molecular weight is 476 g/mol. The Labute approximate surface area is 182 Å². The number of rotatable bonds is 9. The standard InChI is InChI=1S/C18H25BrN2O.C3H7ClS/c1-4-5-12(7-6-11(2)3)16-10-21-17-14(16)8-13(19)9-15(17)18(20)22;4-2-1-3-5/h8-12,21H,4-7H2,1-3H3,(H2,20,22);5H,1-3H2. The fourth-order valence-corrected chi connectivity index (χ4v) is 4.08. The normalized spacial score (nSPS) is 12.1. The average Bonchev–Trinajstić information content (AvgIpc) is 3.02. The molecule has 1 aromatic heterocycles. The highest BCUT2D eigenvalue weighted by molar-refractivity contribution is 9.10. The van der Waals surface area contributed by atoms with Crippen LogP contribution in [0.15, 0.2) is 22.8 Å². The fourth-order valence-electron chi connectivity index (χ4n) is 3.15. The van der Waals surface area contributed by atoms with Gasteiger partial charge >= 0.3 is 0 Å². The van der Waals surface area contributed by atoms with Crippen LogP contribution in [0.1, 0.15) is 74.7 Å². The number of thiol groups is 1. The predicted octanol–water partition coefficient (Wildman–Crippen LogP) is 6.89. The van der Waals surface area contributed by atoms with Crippen molar-refractivity contribution >= 4 is 57.0 Å². The maximum Gasteiger partial charge on any atom is 0.250 e. The zero-order valence-corrected chi connectivity index (χ0v) is 19.8. The lowest BCUT2D eigenvalue weighted by molar-refractivity contribution is 0.100. The van der Waals surface area contributed by atoms with E-state index < -0.39 is 5.91 Å². The quantitative estimate of drug-likeness (QED) is 0.268. The lowest BCUT2D eigenvalue weighted by atomic mass is 9.87. The summed E-state index contributed by atoms with van der Waals surface area (Å²) in [6.07, 6.45) is 7.80. The molecule has 1 aromatic carbocycles. The van der Waals surface area contributed by atoms with E-state index in [9.17, 15) is 4.79 Å². The number of primary amides is 1. The number of amides is 1. The SMILES string of the molecule is CCCC(CCC(C)C)c1c[nH]c2c(C(N)=O)cc(Br)cc12.SCCCCl. The lowest BCUT2D eigenvalue weighted by Crippen LogP contribution is -2.11. The summed E-state index contributed by atoms with van der Waals surface area (Å²) in [4.78, 5) is 14.9. The molecule has 1 heterocycles. The molecule has 152 valence electrons. The predicted molar refractivity (Wildman–Crippen MR) is 125 cm³/mol. The number of fused-ring (bicyclic) bond motifs is 1.